The lowest BCUT2D eigenvalue weighted by Crippen LogP contribution is -2.40. The summed E-state index contributed by atoms with van der Waals surface area (Å²) in [7, 11) is 0. The Bertz CT molecular complexity index is 468. The number of carbonyl (C=O) groups excluding carboxylic acids is 1. The number of esters is 1. The van der Waals surface area contributed by atoms with Gasteiger partial charge < -0.3 is 9.26 Å². The first-order valence-electron chi connectivity index (χ1n) is 7.42. The number of rotatable bonds is 3. The van der Waals surface area contributed by atoms with E-state index in [0.29, 0.717) is 18.3 Å². The predicted molar refractivity (Wildman–Crippen MR) is 74.4 cm³/mol. The molecule has 112 valence electrons. The standard InChI is InChI=1S/C15H24N2O3/c1-5-19-13(18)15(9-7-6-8-10-15)12-16-11(17-20-12)14(2,3)4/h5-10H2,1-4H3. The number of hydrogen-bond donors (Lipinski definition) is 0. The van der Waals surface area contributed by atoms with Crippen LogP contribution >= 0.6 is 0 Å². The second-order valence-corrected chi connectivity index (χ2v) is 6.54. The first-order valence-corrected chi connectivity index (χ1v) is 7.42. The molecular weight excluding hydrogens is 256 g/mol. The maximum atomic E-state index is 12.4. The van der Waals surface area contributed by atoms with Gasteiger partial charge in [-0.25, -0.2) is 0 Å². The lowest BCUT2D eigenvalue weighted by Gasteiger charge is -2.31. The highest BCUT2D eigenvalue weighted by Gasteiger charge is 2.48. The minimum absolute atomic E-state index is 0.188. The summed E-state index contributed by atoms with van der Waals surface area (Å²) in [6.07, 6.45) is 4.59. The summed E-state index contributed by atoms with van der Waals surface area (Å²) in [5.41, 5.74) is -0.920. The van der Waals surface area contributed by atoms with Gasteiger partial charge in [0.2, 0.25) is 5.89 Å². The fourth-order valence-electron chi connectivity index (χ4n) is 2.65. The van der Waals surface area contributed by atoms with Crippen LogP contribution in [0.2, 0.25) is 0 Å². The Labute approximate surface area is 120 Å². The molecule has 1 aromatic heterocycles. The van der Waals surface area contributed by atoms with Gasteiger partial charge in [0.15, 0.2) is 5.82 Å². The number of hydrogen-bond acceptors (Lipinski definition) is 5. The lowest BCUT2D eigenvalue weighted by molar-refractivity contribution is -0.152. The van der Waals surface area contributed by atoms with E-state index in [2.05, 4.69) is 10.1 Å². The van der Waals surface area contributed by atoms with Gasteiger partial charge in [-0.15, -0.1) is 0 Å². The molecule has 0 N–H and O–H groups in total. The van der Waals surface area contributed by atoms with E-state index >= 15 is 0 Å². The van der Waals surface area contributed by atoms with Gasteiger partial charge in [0.05, 0.1) is 6.61 Å². The summed E-state index contributed by atoms with van der Waals surface area (Å²) >= 11 is 0. The molecule has 1 fully saturated rings. The van der Waals surface area contributed by atoms with Crippen molar-refractivity contribution in [1.82, 2.24) is 10.1 Å². The molecule has 0 atom stereocenters. The largest absolute Gasteiger partial charge is 0.465 e. The van der Waals surface area contributed by atoms with Crippen molar-refractivity contribution in [3.8, 4) is 0 Å². The molecule has 5 nitrogen and oxygen atoms in total. The zero-order chi connectivity index (χ0) is 14.8. The van der Waals surface area contributed by atoms with E-state index in [0.717, 1.165) is 32.1 Å². The minimum Gasteiger partial charge on any atom is -0.465 e. The second kappa shape index (κ2) is 5.54. The summed E-state index contributed by atoms with van der Waals surface area (Å²) in [6.45, 7) is 8.28. The summed E-state index contributed by atoms with van der Waals surface area (Å²) in [5.74, 6) is 0.853. The summed E-state index contributed by atoms with van der Waals surface area (Å²) in [5, 5.41) is 4.06. The number of aromatic nitrogens is 2. The van der Waals surface area contributed by atoms with Crippen molar-refractivity contribution < 1.29 is 14.1 Å². The third-order valence-electron chi connectivity index (χ3n) is 3.88. The Kier molecular flexibility index (Phi) is 4.16. The van der Waals surface area contributed by atoms with Crippen LogP contribution in [0.3, 0.4) is 0 Å². The second-order valence-electron chi connectivity index (χ2n) is 6.54. The van der Waals surface area contributed by atoms with Crippen molar-refractivity contribution in [2.24, 2.45) is 0 Å². The monoisotopic (exact) mass is 280 g/mol. The third kappa shape index (κ3) is 2.72. The number of carbonyl (C=O) groups is 1. The van der Waals surface area contributed by atoms with Crippen molar-refractivity contribution in [2.45, 2.75) is 70.6 Å². The first kappa shape index (κ1) is 15.0. The molecule has 1 aromatic rings. The average Bonchev–Trinajstić information content (AvgIpc) is 2.89. The zero-order valence-corrected chi connectivity index (χ0v) is 12.9. The lowest BCUT2D eigenvalue weighted by atomic mass is 9.74. The molecule has 0 bridgehead atoms. The molecular formula is C15H24N2O3. The Balaban J connectivity index is 2.36. The Morgan fingerprint density at radius 1 is 1.30 bits per heavy atom. The molecule has 5 heteroatoms. The van der Waals surface area contributed by atoms with Crippen molar-refractivity contribution in [3.63, 3.8) is 0 Å². The summed E-state index contributed by atoms with van der Waals surface area (Å²) in [6, 6.07) is 0. The van der Waals surface area contributed by atoms with Gasteiger partial charge in [-0.2, -0.15) is 4.98 Å². The van der Waals surface area contributed by atoms with Crippen LogP contribution in [0.25, 0.3) is 0 Å². The molecule has 20 heavy (non-hydrogen) atoms. The van der Waals surface area contributed by atoms with Crippen molar-refractivity contribution in [1.29, 1.82) is 0 Å². The van der Waals surface area contributed by atoms with Crippen LogP contribution in [0.4, 0.5) is 0 Å². The molecule has 0 amide bonds. The molecule has 0 spiro atoms. The number of ether oxygens (including phenoxy) is 1. The van der Waals surface area contributed by atoms with Gasteiger partial charge in [0.25, 0.3) is 0 Å². The van der Waals surface area contributed by atoms with Gasteiger partial charge in [0, 0.05) is 5.41 Å². The van der Waals surface area contributed by atoms with Crippen LogP contribution < -0.4 is 0 Å². The van der Waals surface area contributed by atoms with Crippen LogP contribution in [0.1, 0.15) is 71.5 Å². The average molecular weight is 280 g/mol. The van der Waals surface area contributed by atoms with E-state index in [-0.39, 0.29) is 11.4 Å². The molecule has 0 saturated heterocycles. The van der Waals surface area contributed by atoms with Gasteiger partial charge in [-0.3, -0.25) is 4.79 Å². The van der Waals surface area contributed by atoms with Gasteiger partial charge in [-0.1, -0.05) is 45.2 Å². The Hall–Kier alpha value is -1.39. The van der Waals surface area contributed by atoms with Gasteiger partial charge in [0.1, 0.15) is 5.41 Å². The smallest absolute Gasteiger partial charge is 0.321 e. The number of nitrogens with zero attached hydrogens (tertiary/aromatic N) is 2. The van der Waals surface area contributed by atoms with Crippen molar-refractivity contribution >= 4 is 5.97 Å². The summed E-state index contributed by atoms with van der Waals surface area (Å²) in [4.78, 5) is 16.9. The molecule has 1 heterocycles. The van der Waals surface area contributed by atoms with Crippen LogP contribution in [0.15, 0.2) is 4.52 Å². The quantitative estimate of drug-likeness (QED) is 0.796. The third-order valence-corrected chi connectivity index (χ3v) is 3.88. The molecule has 0 unspecified atom stereocenters. The van der Waals surface area contributed by atoms with E-state index in [4.69, 9.17) is 9.26 Å². The van der Waals surface area contributed by atoms with E-state index in [1.165, 1.54) is 0 Å². The van der Waals surface area contributed by atoms with Gasteiger partial charge in [-0.05, 0) is 19.8 Å². The maximum Gasteiger partial charge on any atom is 0.321 e. The molecule has 1 aliphatic carbocycles. The van der Waals surface area contributed by atoms with E-state index < -0.39 is 5.41 Å². The highest BCUT2D eigenvalue weighted by Crippen LogP contribution is 2.40. The fourth-order valence-corrected chi connectivity index (χ4v) is 2.65. The summed E-state index contributed by atoms with van der Waals surface area (Å²) < 4.78 is 10.7. The van der Waals surface area contributed by atoms with E-state index in [1.807, 2.05) is 27.7 Å². The predicted octanol–water partition coefficient (Wildman–Crippen LogP) is 3.13. The molecule has 0 aromatic carbocycles. The highest BCUT2D eigenvalue weighted by molar-refractivity contribution is 5.82. The van der Waals surface area contributed by atoms with Crippen LogP contribution in [-0.4, -0.2) is 22.7 Å². The molecule has 1 aliphatic rings. The molecule has 2 rings (SSSR count). The van der Waals surface area contributed by atoms with E-state index in [9.17, 15) is 4.79 Å². The topological polar surface area (TPSA) is 65.2 Å². The van der Waals surface area contributed by atoms with Gasteiger partial charge >= 0.3 is 5.97 Å². The molecule has 0 radical (unpaired) electrons. The Morgan fingerprint density at radius 3 is 2.45 bits per heavy atom. The zero-order valence-electron chi connectivity index (χ0n) is 12.9. The molecule has 0 aliphatic heterocycles. The van der Waals surface area contributed by atoms with Crippen LogP contribution in [0.5, 0.6) is 0 Å². The Morgan fingerprint density at radius 2 is 1.95 bits per heavy atom. The van der Waals surface area contributed by atoms with Crippen molar-refractivity contribution in [2.75, 3.05) is 6.61 Å². The highest BCUT2D eigenvalue weighted by atomic mass is 16.5. The fraction of sp³-hybridized carbons (Fsp3) is 0.800. The van der Waals surface area contributed by atoms with Crippen LogP contribution in [-0.2, 0) is 20.4 Å². The molecule has 1 saturated carbocycles. The minimum atomic E-state index is -0.731. The van der Waals surface area contributed by atoms with E-state index in [1.54, 1.807) is 0 Å². The SMILES string of the molecule is CCOC(=O)C1(c2nc(C(C)(C)C)no2)CCCCC1. The van der Waals surface area contributed by atoms with Crippen molar-refractivity contribution in [3.05, 3.63) is 11.7 Å². The first-order chi connectivity index (χ1) is 9.40. The maximum absolute atomic E-state index is 12.4. The van der Waals surface area contributed by atoms with Crippen LogP contribution in [0, 0.1) is 0 Å². The normalized spacial score (nSPS) is 18.8.